The van der Waals surface area contributed by atoms with Gasteiger partial charge in [-0.05, 0) is 37.1 Å². The van der Waals surface area contributed by atoms with Crippen LogP contribution >= 0.6 is 15.9 Å². The summed E-state index contributed by atoms with van der Waals surface area (Å²) in [5, 5.41) is 3.28. The largest absolute Gasteiger partial charge is 0.313 e. The lowest BCUT2D eigenvalue weighted by Gasteiger charge is -2.07. The molecule has 0 saturated heterocycles. The van der Waals surface area contributed by atoms with Crippen molar-refractivity contribution in [3.05, 3.63) is 34.1 Å². The lowest BCUT2D eigenvalue weighted by atomic mass is 10.1. The Labute approximate surface area is 112 Å². The summed E-state index contributed by atoms with van der Waals surface area (Å²) in [6.45, 7) is 6.04. The number of halogens is 2. The molecule has 1 nitrogen and oxygen atoms in total. The molecule has 0 radical (unpaired) electrons. The highest BCUT2D eigenvalue weighted by atomic mass is 79.9. The van der Waals surface area contributed by atoms with Gasteiger partial charge in [0.05, 0.1) is 0 Å². The SMILES string of the molecule is CC(C)CCCCNCc1cc(Br)ccc1F. The summed E-state index contributed by atoms with van der Waals surface area (Å²) in [6, 6.07) is 5.05. The molecule has 0 fully saturated rings. The number of rotatable bonds is 7. The molecular weight excluding hydrogens is 281 g/mol. The molecule has 1 aromatic carbocycles. The normalized spacial score (nSPS) is 11.1. The Hall–Kier alpha value is -0.410. The van der Waals surface area contributed by atoms with Gasteiger partial charge >= 0.3 is 0 Å². The van der Waals surface area contributed by atoms with E-state index in [1.54, 1.807) is 6.07 Å². The van der Waals surface area contributed by atoms with Crippen LogP contribution in [0.5, 0.6) is 0 Å². The number of hydrogen-bond donors (Lipinski definition) is 1. The van der Waals surface area contributed by atoms with Crippen LogP contribution < -0.4 is 5.32 Å². The van der Waals surface area contributed by atoms with Crippen LogP contribution in [0.25, 0.3) is 0 Å². The average molecular weight is 302 g/mol. The molecule has 1 aromatic rings. The fourth-order valence-corrected chi connectivity index (χ4v) is 2.11. The molecule has 0 bridgehead atoms. The van der Waals surface area contributed by atoms with Crippen molar-refractivity contribution in [3.8, 4) is 0 Å². The molecule has 1 rings (SSSR count). The van der Waals surface area contributed by atoms with E-state index in [1.807, 2.05) is 6.07 Å². The zero-order valence-corrected chi connectivity index (χ0v) is 12.2. The molecule has 0 aliphatic rings. The topological polar surface area (TPSA) is 12.0 Å². The number of hydrogen-bond acceptors (Lipinski definition) is 1. The first kappa shape index (κ1) is 14.7. The van der Waals surface area contributed by atoms with Crippen molar-refractivity contribution in [2.75, 3.05) is 6.54 Å². The molecular formula is C14H21BrFN. The molecule has 0 saturated carbocycles. The summed E-state index contributed by atoms with van der Waals surface area (Å²) < 4.78 is 14.3. The minimum Gasteiger partial charge on any atom is -0.313 e. The second-order valence-electron chi connectivity index (χ2n) is 4.80. The second-order valence-corrected chi connectivity index (χ2v) is 5.72. The van der Waals surface area contributed by atoms with Crippen molar-refractivity contribution in [3.63, 3.8) is 0 Å². The third kappa shape index (κ3) is 6.18. The van der Waals surface area contributed by atoms with Gasteiger partial charge in [0, 0.05) is 16.6 Å². The molecule has 0 unspecified atom stereocenters. The maximum atomic E-state index is 13.4. The van der Waals surface area contributed by atoms with Crippen LogP contribution in [0.3, 0.4) is 0 Å². The second kappa shape index (κ2) is 7.83. The van der Waals surface area contributed by atoms with E-state index in [0.29, 0.717) is 6.54 Å². The zero-order chi connectivity index (χ0) is 12.7. The van der Waals surface area contributed by atoms with E-state index in [2.05, 4.69) is 35.1 Å². The first-order chi connectivity index (χ1) is 8.09. The smallest absolute Gasteiger partial charge is 0.127 e. The molecule has 0 amide bonds. The van der Waals surface area contributed by atoms with Gasteiger partial charge in [0.2, 0.25) is 0 Å². The minimum atomic E-state index is -0.136. The zero-order valence-electron chi connectivity index (χ0n) is 10.6. The van der Waals surface area contributed by atoms with Crippen molar-refractivity contribution in [2.24, 2.45) is 5.92 Å². The predicted molar refractivity (Wildman–Crippen MR) is 74.5 cm³/mol. The Kier molecular flexibility index (Phi) is 6.75. The number of benzene rings is 1. The van der Waals surface area contributed by atoms with Crippen molar-refractivity contribution < 1.29 is 4.39 Å². The lowest BCUT2D eigenvalue weighted by Crippen LogP contribution is -2.15. The van der Waals surface area contributed by atoms with Crippen LogP contribution in [-0.4, -0.2) is 6.54 Å². The molecule has 96 valence electrons. The molecule has 17 heavy (non-hydrogen) atoms. The predicted octanol–water partition coefficient (Wildman–Crippen LogP) is 4.50. The fraction of sp³-hybridized carbons (Fsp3) is 0.571. The van der Waals surface area contributed by atoms with E-state index < -0.39 is 0 Å². The van der Waals surface area contributed by atoms with Crippen molar-refractivity contribution in [1.29, 1.82) is 0 Å². The van der Waals surface area contributed by atoms with E-state index in [-0.39, 0.29) is 5.82 Å². The first-order valence-corrected chi connectivity index (χ1v) is 7.03. The maximum Gasteiger partial charge on any atom is 0.127 e. The van der Waals surface area contributed by atoms with Gasteiger partial charge in [0.25, 0.3) is 0 Å². The van der Waals surface area contributed by atoms with Gasteiger partial charge < -0.3 is 5.32 Å². The monoisotopic (exact) mass is 301 g/mol. The molecule has 3 heteroatoms. The van der Waals surface area contributed by atoms with E-state index >= 15 is 0 Å². The Morgan fingerprint density at radius 1 is 1.29 bits per heavy atom. The van der Waals surface area contributed by atoms with E-state index in [4.69, 9.17) is 0 Å². The van der Waals surface area contributed by atoms with Gasteiger partial charge in [-0.3, -0.25) is 0 Å². The van der Waals surface area contributed by atoms with Crippen molar-refractivity contribution >= 4 is 15.9 Å². The van der Waals surface area contributed by atoms with Crippen LogP contribution in [-0.2, 0) is 6.54 Å². The van der Waals surface area contributed by atoms with Crippen LogP contribution in [0.4, 0.5) is 4.39 Å². The van der Waals surface area contributed by atoms with Crippen molar-refractivity contribution in [1.82, 2.24) is 5.32 Å². The van der Waals surface area contributed by atoms with Gasteiger partial charge in [-0.2, -0.15) is 0 Å². The summed E-state index contributed by atoms with van der Waals surface area (Å²) in [5.74, 6) is 0.639. The van der Waals surface area contributed by atoms with Gasteiger partial charge in [0.1, 0.15) is 5.82 Å². The van der Waals surface area contributed by atoms with Gasteiger partial charge in [-0.25, -0.2) is 4.39 Å². The summed E-state index contributed by atoms with van der Waals surface area (Å²) in [7, 11) is 0. The quantitative estimate of drug-likeness (QED) is 0.731. The number of nitrogens with one attached hydrogen (secondary N) is 1. The van der Waals surface area contributed by atoms with E-state index in [1.165, 1.54) is 18.9 Å². The Bertz CT molecular complexity index is 339. The first-order valence-electron chi connectivity index (χ1n) is 6.24. The van der Waals surface area contributed by atoms with Gasteiger partial charge in [-0.1, -0.05) is 42.6 Å². The molecule has 1 N–H and O–H groups in total. The van der Waals surface area contributed by atoms with Crippen LogP contribution in [0.2, 0.25) is 0 Å². The van der Waals surface area contributed by atoms with Crippen molar-refractivity contribution in [2.45, 2.75) is 39.7 Å². The standard InChI is InChI=1S/C14H21BrFN/c1-11(2)5-3-4-8-17-10-12-9-13(15)6-7-14(12)16/h6-7,9,11,17H,3-5,8,10H2,1-2H3. The molecule has 0 heterocycles. The summed E-state index contributed by atoms with van der Waals surface area (Å²) in [6.07, 6.45) is 3.67. The van der Waals surface area contributed by atoms with E-state index in [9.17, 15) is 4.39 Å². The highest BCUT2D eigenvalue weighted by Gasteiger charge is 2.02. The maximum absolute atomic E-state index is 13.4. The molecule has 0 spiro atoms. The highest BCUT2D eigenvalue weighted by Crippen LogP contribution is 2.15. The summed E-state index contributed by atoms with van der Waals surface area (Å²) >= 11 is 3.35. The molecule has 0 aliphatic carbocycles. The minimum absolute atomic E-state index is 0.136. The Balaban J connectivity index is 2.20. The van der Waals surface area contributed by atoms with Crippen LogP contribution in [0, 0.1) is 11.7 Å². The third-order valence-corrected chi connectivity index (χ3v) is 3.20. The Morgan fingerprint density at radius 3 is 2.76 bits per heavy atom. The molecule has 0 aromatic heterocycles. The van der Waals surface area contributed by atoms with Gasteiger partial charge in [0.15, 0.2) is 0 Å². The number of unbranched alkanes of at least 4 members (excludes halogenated alkanes) is 1. The fourth-order valence-electron chi connectivity index (χ4n) is 1.70. The Morgan fingerprint density at radius 2 is 2.06 bits per heavy atom. The van der Waals surface area contributed by atoms with Crippen LogP contribution in [0.1, 0.15) is 38.7 Å². The summed E-state index contributed by atoms with van der Waals surface area (Å²) in [5.41, 5.74) is 0.725. The van der Waals surface area contributed by atoms with E-state index in [0.717, 1.165) is 28.9 Å². The molecule has 0 aliphatic heterocycles. The average Bonchev–Trinajstić information content (AvgIpc) is 2.27. The summed E-state index contributed by atoms with van der Waals surface area (Å²) in [4.78, 5) is 0. The third-order valence-electron chi connectivity index (χ3n) is 2.71. The highest BCUT2D eigenvalue weighted by molar-refractivity contribution is 9.10. The molecule has 0 atom stereocenters. The lowest BCUT2D eigenvalue weighted by molar-refractivity contribution is 0.516. The van der Waals surface area contributed by atoms with Gasteiger partial charge in [-0.15, -0.1) is 0 Å². The van der Waals surface area contributed by atoms with Crippen LogP contribution in [0.15, 0.2) is 22.7 Å².